The third-order valence-electron chi connectivity index (χ3n) is 4.01. The molecule has 0 spiro atoms. The Bertz CT molecular complexity index is 473. The summed E-state index contributed by atoms with van der Waals surface area (Å²) < 4.78 is 0. The molecule has 0 saturated carbocycles. The molecule has 0 radical (unpaired) electrons. The number of anilines is 1. The van der Waals surface area contributed by atoms with Crippen LogP contribution in [0, 0.1) is 5.92 Å². The summed E-state index contributed by atoms with van der Waals surface area (Å²) in [7, 11) is 0. The molecule has 1 aromatic carbocycles. The molecule has 2 unspecified atom stereocenters. The quantitative estimate of drug-likeness (QED) is 0.883. The molecule has 4 heteroatoms. The smallest absolute Gasteiger partial charge is 0.228 e. The van der Waals surface area contributed by atoms with E-state index in [1.807, 2.05) is 26.0 Å². The van der Waals surface area contributed by atoms with Crippen molar-refractivity contribution in [2.45, 2.75) is 39.3 Å². The molecule has 110 valence electrons. The Balaban J connectivity index is 2.18. The van der Waals surface area contributed by atoms with Crippen molar-refractivity contribution in [2.75, 3.05) is 18.5 Å². The van der Waals surface area contributed by atoms with Crippen molar-refractivity contribution >= 4 is 11.6 Å². The van der Waals surface area contributed by atoms with Crippen molar-refractivity contribution in [2.24, 2.45) is 5.92 Å². The minimum absolute atomic E-state index is 0.00896. The number of aliphatic hydroxyl groups is 1. The van der Waals surface area contributed by atoms with Gasteiger partial charge in [0.25, 0.3) is 0 Å². The van der Waals surface area contributed by atoms with Gasteiger partial charge in [-0.25, -0.2) is 0 Å². The molecule has 0 saturated heterocycles. The molecule has 0 fully saturated rings. The summed E-state index contributed by atoms with van der Waals surface area (Å²) in [5.74, 6) is 0.0578. The van der Waals surface area contributed by atoms with Crippen molar-refractivity contribution in [3.63, 3.8) is 0 Å². The number of amides is 1. The first-order chi connectivity index (χ1) is 9.54. The third-order valence-corrected chi connectivity index (χ3v) is 4.01. The van der Waals surface area contributed by atoms with Gasteiger partial charge in [-0.1, -0.05) is 18.2 Å². The van der Waals surface area contributed by atoms with Gasteiger partial charge in [0.1, 0.15) is 0 Å². The van der Waals surface area contributed by atoms with E-state index in [1.165, 1.54) is 5.56 Å². The van der Waals surface area contributed by atoms with E-state index in [4.69, 9.17) is 5.11 Å². The Morgan fingerprint density at radius 1 is 1.45 bits per heavy atom. The monoisotopic (exact) mass is 276 g/mol. The Kier molecular flexibility index (Phi) is 4.65. The molecule has 0 aliphatic carbocycles. The second-order valence-corrected chi connectivity index (χ2v) is 5.75. The van der Waals surface area contributed by atoms with E-state index >= 15 is 0 Å². The van der Waals surface area contributed by atoms with E-state index in [0.717, 1.165) is 12.1 Å². The number of nitrogens with one attached hydrogen (secondary N) is 1. The maximum Gasteiger partial charge on any atom is 0.228 e. The highest BCUT2D eigenvalue weighted by Crippen LogP contribution is 2.29. The minimum atomic E-state index is -0.0705. The summed E-state index contributed by atoms with van der Waals surface area (Å²) in [4.78, 5) is 14.5. The van der Waals surface area contributed by atoms with Gasteiger partial charge in [-0.15, -0.1) is 0 Å². The van der Waals surface area contributed by atoms with Gasteiger partial charge in [0, 0.05) is 24.3 Å². The number of para-hydroxylation sites is 1. The predicted octanol–water partition coefficient (Wildman–Crippen LogP) is 1.89. The molecule has 1 aliphatic rings. The van der Waals surface area contributed by atoms with Crippen LogP contribution in [0.2, 0.25) is 0 Å². The van der Waals surface area contributed by atoms with Gasteiger partial charge in [-0.2, -0.15) is 0 Å². The van der Waals surface area contributed by atoms with Crippen LogP contribution >= 0.6 is 0 Å². The molecule has 0 aromatic heterocycles. The Hall–Kier alpha value is -1.55. The van der Waals surface area contributed by atoms with E-state index in [-0.39, 0.29) is 30.5 Å². The number of aliphatic hydroxyl groups excluding tert-OH is 1. The van der Waals surface area contributed by atoms with Crippen LogP contribution in [0.5, 0.6) is 0 Å². The maximum absolute atomic E-state index is 12.7. The van der Waals surface area contributed by atoms with E-state index < -0.39 is 0 Å². The van der Waals surface area contributed by atoms with Crippen LogP contribution < -0.4 is 5.32 Å². The second-order valence-electron chi connectivity index (χ2n) is 5.75. The van der Waals surface area contributed by atoms with E-state index in [1.54, 1.807) is 4.90 Å². The van der Waals surface area contributed by atoms with Gasteiger partial charge in [0.2, 0.25) is 5.91 Å². The fourth-order valence-corrected chi connectivity index (χ4v) is 2.84. The van der Waals surface area contributed by atoms with Crippen molar-refractivity contribution in [1.29, 1.82) is 0 Å². The highest BCUT2D eigenvalue weighted by molar-refractivity contribution is 5.82. The Morgan fingerprint density at radius 2 is 2.15 bits per heavy atom. The van der Waals surface area contributed by atoms with Crippen molar-refractivity contribution < 1.29 is 9.90 Å². The molecule has 4 nitrogen and oxygen atoms in total. The Morgan fingerprint density at radius 3 is 2.80 bits per heavy atom. The normalized spacial score (nSPS) is 21.2. The summed E-state index contributed by atoms with van der Waals surface area (Å²) >= 11 is 0. The molecule has 1 aliphatic heterocycles. The lowest BCUT2D eigenvalue weighted by molar-refractivity contribution is -0.138. The lowest BCUT2D eigenvalue weighted by atomic mass is 9.86. The number of hydrogen-bond donors (Lipinski definition) is 2. The van der Waals surface area contributed by atoms with Gasteiger partial charge >= 0.3 is 0 Å². The van der Waals surface area contributed by atoms with Crippen LogP contribution in [-0.4, -0.2) is 41.1 Å². The number of carbonyl (C=O) groups is 1. The standard InChI is InChI=1S/C16H24N2O2/c1-11(2)18(8-9-19)16(20)14-10-13-6-4-5-7-15(13)17-12(14)3/h4-7,11-12,14,17,19H,8-10H2,1-3H3. The number of benzene rings is 1. The fraction of sp³-hybridized carbons (Fsp3) is 0.562. The van der Waals surface area contributed by atoms with Gasteiger partial charge in [-0.05, 0) is 38.8 Å². The largest absolute Gasteiger partial charge is 0.395 e. The van der Waals surface area contributed by atoms with Crippen molar-refractivity contribution in [3.05, 3.63) is 29.8 Å². The molecular weight excluding hydrogens is 252 g/mol. The number of nitrogens with zero attached hydrogens (tertiary/aromatic N) is 1. The summed E-state index contributed by atoms with van der Waals surface area (Å²) in [5.41, 5.74) is 2.32. The lowest BCUT2D eigenvalue weighted by Crippen LogP contribution is -2.48. The first kappa shape index (κ1) is 14.9. The molecular formula is C16H24N2O2. The van der Waals surface area contributed by atoms with E-state index in [0.29, 0.717) is 6.54 Å². The van der Waals surface area contributed by atoms with Gasteiger partial charge in [0.15, 0.2) is 0 Å². The molecule has 0 bridgehead atoms. The first-order valence-corrected chi connectivity index (χ1v) is 7.30. The lowest BCUT2D eigenvalue weighted by Gasteiger charge is -2.36. The van der Waals surface area contributed by atoms with Crippen LogP contribution in [-0.2, 0) is 11.2 Å². The Labute approximate surface area is 120 Å². The van der Waals surface area contributed by atoms with Crippen LogP contribution in [0.3, 0.4) is 0 Å². The first-order valence-electron chi connectivity index (χ1n) is 7.30. The van der Waals surface area contributed by atoms with Crippen LogP contribution in [0.4, 0.5) is 5.69 Å². The van der Waals surface area contributed by atoms with E-state index in [9.17, 15) is 4.79 Å². The molecule has 2 rings (SSSR count). The average Bonchev–Trinajstić information content (AvgIpc) is 2.43. The summed E-state index contributed by atoms with van der Waals surface area (Å²) in [6.45, 7) is 6.44. The minimum Gasteiger partial charge on any atom is -0.395 e. The fourth-order valence-electron chi connectivity index (χ4n) is 2.84. The van der Waals surface area contributed by atoms with Crippen LogP contribution in [0.1, 0.15) is 26.3 Å². The number of fused-ring (bicyclic) bond motifs is 1. The van der Waals surface area contributed by atoms with Crippen LogP contribution in [0.15, 0.2) is 24.3 Å². The van der Waals surface area contributed by atoms with Crippen molar-refractivity contribution in [3.8, 4) is 0 Å². The summed E-state index contributed by atoms with van der Waals surface area (Å²) in [6.07, 6.45) is 0.762. The molecule has 1 aromatic rings. The third kappa shape index (κ3) is 2.96. The average molecular weight is 276 g/mol. The van der Waals surface area contributed by atoms with E-state index in [2.05, 4.69) is 24.4 Å². The second kappa shape index (κ2) is 6.27. The van der Waals surface area contributed by atoms with Crippen molar-refractivity contribution in [1.82, 2.24) is 4.90 Å². The zero-order valence-electron chi connectivity index (χ0n) is 12.5. The highest BCUT2D eigenvalue weighted by Gasteiger charge is 2.33. The number of hydrogen-bond acceptors (Lipinski definition) is 3. The zero-order chi connectivity index (χ0) is 14.7. The van der Waals surface area contributed by atoms with Gasteiger partial charge < -0.3 is 15.3 Å². The molecule has 1 amide bonds. The molecule has 20 heavy (non-hydrogen) atoms. The highest BCUT2D eigenvalue weighted by atomic mass is 16.3. The SMILES string of the molecule is CC1Nc2ccccc2CC1C(=O)N(CCO)C(C)C. The zero-order valence-corrected chi connectivity index (χ0v) is 12.5. The van der Waals surface area contributed by atoms with Gasteiger partial charge in [0.05, 0.1) is 12.5 Å². The summed E-state index contributed by atoms with van der Waals surface area (Å²) in [5, 5.41) is 12.6. The van der Waals surface area contributed by atoms with Crippen LogP contribution in [0.25, 0.3) is 0 Å². The molecule has 1 heterocycles. The summed E-state index contributed by atoms with van der Waals surface area (Å²) in [6, 6.07) is 8.36. The molecule has 2 atom stereocenters. The number of carbonyl (C=O) groups excluding carboxylic acids is 1. The number of rotatable bonds is 4. The maximum atomic E-state index is 12.7. The topological polar surface area (TPSA) is 52.6 Å². The molecule has 2 N–H and O–H groups in total. The predicted molar refractivity (Wildman–Crippen MR) is 80.7 cm³/mol. The van der Waals surface area contributed by atoms with Gasteiger partial charge in [-0.3, -0.25) is 4.79 Å².